The fourth-order valence-corrected chi connectivity index (χ4v) is 3.14. The zero-order valence-electron chi connectivity index (χ0n) is 17.6. The molecule has 0 spiro atoms. The molecule has 0 aliphatic carbocycles. The van der Waals surface area contributed by atoms with Gasteiger partial charge in [0.15, 0.2) is 13.2 Å². The lowest BCUT2D eigenvalue weighted by Gasteiger charge is -2.13. The first kappa shape index (κ1) is 22.1. The number of anilines is 1. The van der Waals surface area contributed by atoms with Crippen LogP contribution in [0.2, 0.25) is 0 Å². The Labute approximate surface area is 185 Å². The third-order valence-corrected chi connectivity index (χ3v) is 4.81. The van der Waals surface area contributed by atoms with Gasteiger partial charge in [-0.1, -0.05) is 30.3 Å². The molecule has 0 saturated heterocycles. The van der Waals surface area contributed by atoms with Crippen molar-refractivity contribution in [1.29, 1.82) is 10.5 Å². The van der Waals surface area contributed by atoms with Gasteiger partial charge in [-0.15, -0.1) is 0 Å². The van der Waals surface area contributed by atoms with E-state index < -0.39 is 25.1 Å². The summed E-state index contributed by atoms with van der Waals surface area (Å²) < 4.78 is 12.0. The van der Waals surface area contributed by atoms with Crippen LogP contribution in [-0.2, 0) is 14.3 Å². The minimum absolute atomic E-state index is 0.252. The van der Waals surface area contributed by atoms with Crippen LogP contribution in [-0.4, -0.2) is 29.7 Å². The number of carbonyl (C=O) groups excluding carboxylic acids is 2. The molecule has 0 fully saturated rings. The first-order valence-electron chi connectivity index (χ1n) is 9.71. The monoisotopic (exact) mass is 428 g/mol. The largest absolute Gasteiger partial charge is 0.481 e. The maximum atomic E-state index is 12.5. The Balaban J connectivity index is 1.66. The zero-order chi connectivity index (χ0) is 23.1. The van der Waals surface area contributed by atoms with Crippen molar-refractivity contribution in [2.45, 2.75) is 13.8 Å². The van der Waals surface area contributed by atoms with E-state index in [2.05, 4.69) is 11.4 Å². The number of amides is 1. The van der Waals surface area contributed by atoms with Gasteiger partial charge in [0.1, 0.15) is 23.7 Å². The van der Waals surface area contributed by atoms with Gasteiger partial charge < -0.3 is 14.8 Å². The van der Waals surface area contributed by atoms with E-state index in [1.165, 1.54) is 0 Å². The van der Waals surface area contributed by atoms with Gasteiger partial charge in [0.25, 0.3) is 5.91 Å². The number of rotatable bonds is 7. The van der Waals surface area contributed by atoms with E-state index in [-0.39, 0.29) is 11.3 Å². The van der Waals surface area contributed by atoms with Gasteiger partial charge >= 0.3 is 5.97 Å². The summed E-state index contributed by atoms with van der Waals surface area (Å²) in [5.74, 6) is -0.795. The maximum absolute atomic E-state index is 12.5. The van der Waals surface area contributed by atoms with Crippen molar-refractivity contribution in [1.82, 2.24) is 4.57 Å². The lowest BCUT2D eigenvalue weighted by Crippen LogP contribution is -2.25. The Kier molecular flexibility index (Phi) is 6.89. The number of nitriles is 2. The van der Waals surface area contributed by atoms with Crippen LogP contribution >= 0.6 is 0 Å². The highest BCUT2D eigenvalue weighted by Gasteiger charge is 2.21. The molecule has 3 rings (SSSR count). The number of nitrogens with zero attached hydrogens (tertiary/aromatic N) is 3. The van der Waals surface area contributed by atoms with Gasteiger partial charge in [-0.05, 0) is 43.7 Å². The molecule has 160 valence electrons. The Hall–Kier alpha value is -4.56. The molecule has 1 N–H and O–H groups in total. The smallest absolute Gasteiger partial charge is 0.344 e. The molecule has 3 aromatic rings. The molecular weight excluding hydrogens is 408 g/mol. The molecule has 0 unspecified atom stereocenters. The summed E-state index contributed by atoms with van der Waals surface area (Å²) in [6, 6.07) is 19.9. The summed E-state index contributed by atoms with van der Waals surface area (Å²) in [6.45, 7) is 2.66. The molecule has 1 amide bonds. The van der Waals surface area contributed by atoms with E-state index >= 15 is 0 Å². The molecule has 1 aromatic heterocycles. The zero-order valence-corrected chi connectivity index (χ0v) is 17.6. The summed E-state index contributed by atoms with van der Waals surface area (Å²) in [6.07, 6.45) is 0. The normalized spacial score (nSPS) is 10.0. The number of nitrogens with one attached hydrogen (secondary N) is 1. The summed E-state index contributed by atoms with van der Waals surface area (Å²) in [5.41, 5.74) is 2.96. The second-order valence-corrected chi connectivity index (χ2v) is 6.82. The summed E-state index contributed by atoms with van der Waals surface area (Å²) in [4.78, 5) is 24.4. The predicted octanol–water partition coefficient (Wildman–Crippen LogP) is 3.40. The molecule has 0 bridgehead atoms. The number of esters is 1. The van der Waals surface area contributed by atoms with Crippen LogP contribution in [0.25, 0.3) is 5.69 Å². The summed E-state index contributed by atoms with van der Waals surface area (Å²) in [5, 5.41) is 21.3. The van der Waals surface area contributed by atoms with Gasteiger partial charge in [0.2, 0.25) is 0 Å². The third-order valence-electron chi connectivity index (χ3n) is 4.81. The highest BCUT2D eigenvalue weighted by Crippen LogP contribution is 2.29. The van der Waals surface area contributed by atoms with E-state index in [4.69, 9.17) is 14.7 Å². The Morgan fingerprint density at radius 2 is 1.66 bits per heavy atom. The molecule has 2 aromatic carbocycles. The molecule has 8 heteroatoms. The van der Waals surface area contributed by atoms with E-state index in [0.717, 1.165) is 16.9 Å². The number of hydrogen-bond acceptors (Lipinski definition) is 6. The predicted molar refractivity (Wildman–Crippen MR) is 116 cm³/mol. The number of ether oxygens (including phenoxy) is 2. The SMILES string of the molecule is Cc1c(C#N)c(NC(=O)COC(=O)COc2ccccc2C#N)n(-c2ccccc2)c1C. The van der Waals surface area contributed by atoms with Crippen molar-refractivity contribution in [3.05, 3.63) is 77.0 Å². The first-order chi connectivity index (χ1) is 15.5. The summed E-state index contributed by atoms with van der Waals surface area (Å²) >= 11 is 0. The van der Waals surface area contributed by atoms with Crippen molar-refractivity contribution < 1.29 is 19.1 Å². The maximum Gasteiger partial charge on any atom is 0.344 e. The molecule has 8 nitrogen and oxygen atoms in total. The van der Waals surface area contributed by atoms with Crippen molar-refractivity contribution in [3.8, 4) is 23.6 Å². The van der Waals surface area contributed by atoms with E-state index in [1.807, 2.05) is 43.3 Å². The van der Waals surface area contributed by atoms with Crippen molar-refractivity contribution >= 4 is 17.7 Å². The lowest BCUT2D eigenvalue weighted by molar-refractivity contribution is -0.149. The Morgan fingerprint density at radius 1 is 0.969 bits per heavy atom. The fraction of sp³-hybridized carbons (Fsp3) is 0.167. The summed E-state index contributed by atoms with van der Waals surface area (Å²) in [7, 11) is 0. The van der Waals surface area contributed by atoms with Gasteiger partial charge in [-0.25, -0.2) is 4.79 Å². The fourth-order valence-electron chi connectivity index (χ4n) is 3.14. The first-order valence-corrected chi connectivity index (χ1v) is 9.71. The van der Waals surface area contributed by atoms with Gasteiger partial charge in [0.05, 0.1) is 11.1 Å². The van der Waals surface area contributed by atoms with Crippen LogP contribution in [0.15, 0.2) is 54.6 Å². The van der Waals surface area contributed by atoms with E-state index in [0.29, 0.717) is 11.4 Å². The van der Waals surface area contributed by atoms with Crippen LogP contribution < -0.4 is 10.1 Å². The van der Waals surface area contributed by atoms with Crippen molar-refractivity contribution in [2.24, 2.45) is 0 Å². The molecule has 0 aliphatic heterocycles. The lowest BCUT2D eigenvalue weighted by atomic mass is 10.2. The second-order valence-electron chi connectivity index (χ2n) is 6.82. The molecule has 32 heavy (non-hydrogen) atoms. The average molecular weight is 428 g/mol. The number of aromatic nitrogens is 1. The van der Waals surface area contributed by atoms with Gasteiger partial charge in [-0.3, -0.25) is 9.36 Å². The Morgan fingerprint density at radius 3 is 2.34 bits per heavy atom. The number of para-hydroxylation sites is 2. The molecule has 0 saturated carbocycles. The topological polar surface area (TPSA) is 117 Å². The van der Waals surface area contributed by atoms with Crippen molar-refractivity contribution in [3.63, 3.8) is 0 Å². The minimum atomic E-state index is -0.765. The molecule has 0 radical (unpaired) electrons. The number of carbonyl (C=O) groups is 2. The second kappa shape index (κ2) is 9.96. The quantitative estimate of drug-likeness (QED) is 0.577. The van der Waals surface area contributed by atoms with Crippen LogP contribution in [0.1, 0.15) is 22.4 Å². The van der Waals surface area contributed by atoms with Crippen molar-refractivity contribution in [2.75, 3.05) is 18.5 Å². The molecule has 0 atom stereocenters. The average Bonchev–Trinajstić information content (AvgIpc) is 3.05. The highest BCUT2D eigenvalue weighted by molar-refractivity contribution is 5.94. The van der Waals surface area contributed by atoms with Crippen LogP contribution in [0.5, 0.6) is 5.75 Å². The minimum Gasteiger partial charge on any atom is -0.481 e. The molecule has 0 aliphatic rings. The number of benzene rings is 2. The van der Waals surface area contributed by atoms with Gasteiger partial charge in [0, 0.05) is 11.4 Å². The highest BCUT2D eigenvalue weighted by atomic mass is 16.6. The van der Waals surface area contributed by atoms with Crippen LogP contribution in [0, 0.1) is 36.5 Å². The third kappa shape index (κ3) is 4.77. The van der Waals surface area contributed by atoms with E-state index in [1.54, 1.807) is 35.8 Å². The van der Waals surface area contributed by atoms with Crippen LogP contribution in [0.3, 0.4) is 0 Å². The molecule has 1 heterocycles. The standard InChI is InChI=1S/C24H20N4O4/c1-16-17(2)28(19-9-4-3-5-10-19)24(20(16)13-26)27-22(29)14-32-23(30)15-31-21-11-7-6-8-18(21)12-25/h3-11H,14-15H2,1-2H3,(H,27,29). The van der Waals surface area contributed by atoms with E-state index in [9.17, 15) is 14.9 Å². The molecular formula is C24H20N4O4. The van der Waals surface area contributed by atoms with Gasteiger partial charge in [-0.2, -0.15) is 10.5 Å². The van der Waals surface area contributed by atoms with Crippen LogP contribution in [0.4, 0.5) is 5.82 Å². The Bertz CT molecular complexity index is 1230. The number of hydrogen-bond donors (Lipinski definition) is 1.